The summed E-state index contributed by atoms with van der Waals surface area (Å²) >= 11 is 0. The van der Waals surface area contributed by atoms with Gasteiger partial charge in [0.25, 0.3) is 11.8 Å². The highest BCUT2D eigenvalue weighted by Gasteiger charge is 2.44. The van der Waals surface area contributed by atoms with Gasteiger partial charge in [-0.3, -0.25) is 24.1 Å². The van der Waals surface area contributed by atoms with E-state index in [0.717, 1.165) is 18.4 Å². The highest BCUT2D eigenvalue weighted by atomic mass is 19.1. The van der Waals surface area contributed by atoms with Crippen molar-refractivity contribution >= 4 is 11.8 Å². The van der Waals surface area contributed by atoms with Gasteiger partial charge in [-0.15, -0.1) is 0 Å². The van der Waals surface area contributed by atoms with Crippen LogP contribution in [0.25, 0.3) is 0 Å². The molecule has 1 saturated heterocycles. The molecule has 4 rings (SSSR count). The van der Waals surface area contributed by atoms with E-state index in [2.05, 4.69) is 5.32 Å². The van der Waals surface area contributed by atoms with Gasteiger partial charge in [-0.05, 0) is 52.2 Å². The van der Waals surface area contributed by atoms with Gasteiger partial charge >= 0.3 is 0 Å². The number of aromatic nitrogens is 1. The van der Waals surface area contributed by atoms with Gasteiger partial charge in [-0.1, -0.05) is 12.1 Å². The number of halogens is 1. The molecule has 32 heavy (non-hydrogen) atoms. The number of carbonyl (C=O) groups excluding carboxylic acids is 2. The minimum absolute atomic E-state index is 0.00518. The Kier molecular flexibility index (Phi) is 5.22. The van der Waals surface area contributed by atoms with E-state index in [9.17, 15) is 23.9 Å². The molecule has 2 N–H and O–H groups in total. The minimum atomic E-state index is -0.932. The molecule has 2 amide bonds. The van der Waals surface area contributed by atoms with Gasteiger partial charge in [0.2, 0.25) is 5.43 Å². The monoisotopic (exact) mass is 442 g/mol. The highest BCUT2D eigenvalue weighted by molar-refractivity contribution is 5.99. The first-order valence-corrected chi connectivity index (χ1v) is 10.6. The third-order valence-corrected chi connectivity index (χ3v) is 6.48. The SMILES string of the molecule is Cc1ccc(CNC(=O)c2cn3c(c(O)c2=O)C(=O)N2CN3[C@H](C)CCC2(C)C)c(F)c1. The zero-order chi connectivity index (χ0) is 23.4. The Balaban J connectivity index is 1.71. The smallest absolute Gasteiger partial charge is 0.278 e. The number of aromatic hydroxyl groups is 1. The number of benzene rings is 1. The lowest BCUT2D eigenvalue weighted by Crippen LogP contribution is -2.60. The molecule has 9 heteroatoms. The highest BCUT2D eigenvalue weighted by Crippen LogP contribution is 2.33. The van der Waals surface area contributed by atoms with Gasteiger partial charge < -0.3 is 15.3 Å². The Morgan fingerprint density at radius 3 is 2.72 bits per heavy atom. The molecule has 1 atom stereocenters. The van der Waals surface area contributed by atoms with Crippen molar-refractivity contribution in [1.29, 1.82) is 0 Å². The minimum Gasteiger partial charge on any atom is -0.502 e. The van der Waals surface area contributed by atoms with Crippen molar-refractivity contribution in [2.24, 2.45) is 0 Å². The van der Waals surface area contributed by atoms with Gasteiger partial charge in [0.05, 0.1) is 0 Å². The lowest BCUT2D eigenvalue weighted by molar-refractivity contribution is 0.0478. The molecule has 8 nitrogen and oxygen atoms in total. The average Bonchev–Trinajstić information content (AvgIpc) is 2.83. The van der Waals surface area contributed by atoms with Crippen molar-refractivity contribution in [2.75, 3.05) is 11.7 Å². The number of fused-ring (bicyclic) bond motifs is 4. The molecule has 0 spiro atoms. The number of nitrogens with zero attached hydrogens (tertiary/aromatic N) is 3. The fourth-order valence-electron chi connectivity index (χ4n) is 4.29. The fraction of sp³-hybridized carbons (Fsp3) is 0.435. The Morgan fingerprint density at radius 1 is 1.31 bits per heavy atom. The van der Waals surface area contributed by atoms with Crippen LogP contribution in [-0.2, 0) is 6.54 Å². The number of nitrogens with one attached hydrogen (secondary N) is 1. The molecule has 2 aromatic rings. The van der Waals surface area contributed by atoms with Crippen LogP contribution in [0.15, 0.2) is 29.2 Å². The number of carbonyl (C=O) groups is 2. The van der Waals surface area contributed by atoms with Gasteiger partial charge in [0, 0.05) is 29.9 Å². The van der Waals surface area contributed by atoms with Crippen LogP contribution in [0.4, 0.5) is 4.39 Å². The van der Waals surface area contributed by atoms with Crippen LogP contribution in [0.1, 0.15) is 65.6 Å². The van der Waals surface area contributed by atoms with Crippen molar-refractivity contribution in [2.45, 2.75) is 58.7 Å². The molecule has 0 unspecified atom stereocenters. The summed E-state index contributed by atoms with van der Waals surface area (Å²) in [5, 5.41) is 15.1. The number of aryl methyl sites for hydroxylation is 1. The van der Waals surface area contributed by atoms with Crippen molar-refractivity contribution in [3.05, 3.63) is 62.8 Å². The number of rotatable bonds is 3. The second kappa shape index (κ2) is 7.65. The number of amides is 2. The molecule has 0 saturated carbocycles. The molecule has 1 aromatic carbocycles. The zero-order valence-electron chi connectivity index (χ0n) is 18.6. The predicted octanol–water partition coefficient (Wildman–Crippen LogP) is 2.24. The second-order valence-corrected chi connectivity index (χ2v) is 9.21. The second-order valence-electron chi connectivity index (χ2n) is 9.21. The molecule has 0 aliphatic carbocycles. The first-order chi connectivity index (χ1) is 15.0. The third kappa shape index (κ3) is 3.51. The van der Waals surface area contributed by atoms with E-state index in [1.165, 1.54) is 16.9 Å². The summed E-state index contributed by atoms with van der Waals surface area (Å²) in [5.74, 6) is -2.42. The quantitative estimate of drug-likeness (QED) is 0.760. The predicted molar refractivity (Wildman–Crippen MR) is 117 cm³/mol. The summed E-state index contributed by atoms with van der Waals surface area (Å²) in [6, 6.07) is 4.66. The summed E-state index contributed by atoms with van der Waals surface area (Å²) in [5.41, 5.74) is -0.802. The molecule has 3 heterocycles. The van der Waals surface area contributed by atoms with E-state index in [1.54, 1.807) is 24.0 Å². The molecule has 0 radical (unpaired) electrons. The normalized spacial score (nSPS) is 19.4. The van der Waals surface area contributed by atoms with E-state index < -0.39 is 34.3 Å². The summed E-state index contributed by atoms with van der Waals surface area (Å²) in [7, 11) is 0. The van der Waals surface area contributed by atoms with Gasteiger partial charge in [0.15, 0.2) is 11.4 Å². The maximum atomic E-state index is 14.1. The van der Waals surface area contributed by atoms with Crippen LogP contribution in [0, 0.1) is 12.7 Å². The van der Waals surface area contributed by atoms with Crippen LogP contribution in [0.5, 0.6) is 5.75 Å². The molecule has 2 bridgehead atoms. The van der Waals surface area contributed by atoms with E-state index in [0.29, 0.717) is 0 Å². The third-order valence-electron chi connectivity index (χ3n) is 6.48. The lowest BCUT2D eigenvalue weighted by atomic mass is 9.95. The summed E-state index contributed by atoms with van der Waals surface area (Å²) in [6.07, 6.45) is 2.84. The molecular weight excluding hydrogens is 415 g/mol. The van der Waals surface area contributed by atoms with Crippen LogP contribution in [0.2, 0.25) is 0 Å². The summed E-state index contributed by atoms with van der Waals surface area (Å²) < 4.78 is 15.5. The Labute approximate surface area is 185 Å². The molecular formula is C23H27FN4O4. The molecule has 2 aliphatic heterocycles. The Bertz CT molecular complexity index is 1170. The summed E-state index contributed by atoms with van der Waals surface area (Å²) in [4.78, 5) is 40.4. The van der Waals surface area contributed by atoms with Gasteiger partial charge in [0.1, 0.15) is 18.0 Å². The molecule has 170 valence electrons. The van der Waals surface area contributed by atoms with Crippen LogP contribution in [-0.4, -0.2) is 44.7 Å². The average molecular weight is 442 g/mol. The standard InChI is InChI=1S/C23H27FN4O4/c1-13-5-6-15(17(24)9-13)10-25-21(31)16-11-27-18(20(30)19(16)29)22(32)26-12-28(27)14(2)7-8-23(26,3)4/h5-6,9,11,14,30H,7-8,10,12H2,1-4H3,(H,25,31)/t14-/m1/s1. The molecule has 2 aliphatic rings. The summed E-state index contributed by atoms with van der Waals surface area (Å²) in [6.45, 7) is 7.83. The fourth-order valence-corrected chi connectivity index (χ4v) is 4.29. The first kappa shape index (κ1) is 21.9. The van der Waals surface area contributed by atoms with Gasteiger partial charge in [-0.2, -0.15) is 0 Å². The largest absolute Gasteiger partial charge is 0.502 e. The number of pyridine rings is 1. The Hall–Kier alpha value is -3.36. The van der Waals surface area contributed by atoms with E-state index in [1.807, 2.05) is 25.8 Å². The van der Waals surface area contributed by atoms with Crippen LogP contribution < -0.4 is 15.8 Å². The maximum Gasteiger partial charge on any atom is 0.278 e. The van der Waals surface area contributed by atoms with Crippen molar-refractivity contribution in [1.82, 2.24) is 14.9 Å². The van der Waals surface area contributed by atoms with E-state index in [-0.39, 0.29) is 36.1 Å². The molecule has 1 aromatic heterocycles. The zero-order valence-corrected chi connectivity index (χ0v) is 18.6. The van der Waals surface area contributed by atoms with Gasteiger partial charge in [-0.25, -0.2) is 4.39 Å². The molecule has 1 fully saturated rings. The van der Waals surface area contributed by atoms with Crippen molar-refractivity contribution < 1.29 is 19.1 Å². The maximum absolute atomic E-state index is 14.1. The topological polar surface area (TPSA) is 94.9 Å². The first-order valence-electron chi connectivity index (χ1n) is 10.6. The van der Waals surface area contributed by atoms with Crippen LogP contribution in [0.3, 0.4) is 0 Å². The number of hydrogen-bond acceptors (Lipinski definition) is 5. The Morgan fingerprint density at radius 2 is 2.03 bits per heavy atom. The lowest BCUT2D eigenvalue weighted by Gasteiger charge is -2.45. The van der Waals surface area contributed by atoms with Crippen LogP contribution >= 0.6 is 0 Å². The van der Waals surface area contributed by atoms with Crippen molar-refractivity contribution in [3.63, 3.8) is 0 Å². The van der Waals surface area contributed by atoms with E-state index in [4.69, 9.17) is 0 Å². The van der Waals surface area contributed by atoms with E-state index >= 15 is 0 Å². The van der Waals surface area contributed by atoms with Crippen molar-refractivity contribution in [3.8, 4) is 5.75 Å². The number of hydrogen-bond donors (Lipinski definition) is 2.